The maximum absolute atomic E-state index is 13.4. The number of aryl methyl sites for hydroxylation is 2. The molecule has 3 rings (SSSR count). The molecule has 26 heavy (non-hydrogen) atoms. The first-order valence-electron chi connectivity index (χ1n) is 8.27. The second kappa shape index (κ2) is 7.40. The predicted octanol–water partition coefficient (Wildman–Crippen LogP) is 4.51. The van der Waals surface area contributed by atoms with Gasteiger partial charge in [0.25, 0.3) is 0 Å². The second-order valence-electron chi connectivity index (χ2n) is 6.23. The molecule has 0 aliphatic carbocycles. The lowest BCUT2D eigenvalue weighted by molar-refractivity contribution is 0.570. The molecule has 0 amide bonds. The first kappa shape index (κ1) is 18.3. The summed E-state index contributed by atoms with van der Waals surface area (Å²) in [6, 6.07) is 20.2. The topological polar surface area (TPSA) is 46.2 Å². The van der Waals surface area contributed by atoms with Crippen LogP contribution < -0.4 is 4.72 Å². The zero-order valence-electron chi connectivity index (χ0n) is 14.6. The second-order valence-corrected chi connectivity index (χ2v) is 7.91. The van der Waals surface area contributed by atoms with E-state index < -0.39 is 21.9 Å². The van der Waals surface area contributed by atoms with Gasteiger partial charge in [-0.3, -0.25) is 0 Å². The van der Waals surface area contributed by atoms with Crippen LogP contribution in [0.4, 0.5) is 4.39 Å². The van der Waals surface area contributed by atoms with Gasteiger partial charge in [0.15, 0.2) is 0 Å². The van der Waals surface area contributed by atoms with Crippen molar-refractivity contribution in [3.8, 4) is 0 Å². The molecule has 3 aromatic rings. The highest BCUT2D eigenvalue weighted by molar-refractivity contribution is 7.89. The summed E-state index contributed by atoms with van der Waals surface area (Å²) in [5.41, 5.74) is 3.07. The fraction of sp³-hybridized carbons (Fsp3) is 0.143. The number of halogens is 1. The Balaban J connectivity index is 2.07. The molecular weight excluding hydrogens is 349 g/mol. The molecule has 0 heterocycles. The Bertz CT molecular complexity index is 1020. The van der Waals surface area contributed by atoms with Crippen LogP contribution in [0.3, 0.4) is 0 Å². The molecule has 5 heteroatoms. The van der Waals surface area contributed by atoms with E-state index >= 15 is 0 Å². The van der Waals surface area contributed by atoms with Crippen molar-refractivity contribution in [1.29, 1.82) is 0 Å². The van der Waals surface area contributed by atoms with E-state index in [2.05, 4.69) is 4.72 Å². The largest absolute Gasteiger partial charge is 0.241 e. The molecule has 1 unspecified atom stereocenters. The molecule has 134 valence electrons. The van der Waals surface area contributed by atoms with Gasteiger partial charge in [0.2, 0.25) is 10.0 Å². The van der Waals surface area contributed by atoms with Crippen LogP contribution in [0.1, 0.15) is 28.3 Å². The normalized spacial score (nSPS) is 12.7. The molecule has 3 nitrogen and oxygen atoms in total. The molecule has 1 N–H and O–H groups in total. The zero-order chi connectivity index (χ0) is 18.7. The molecule has 0 spiro atoms. The minimum absolute atomic E-state index is 0.0772. The highest BCUT2D eigenvalue weighted by Crippen LogP contribution is 2.27. The third-order valence-corrected chi connectivity index (χ3v) is 5.91. The van der Waals surface area contributed by atoms with Crippen LogP contribution in [0.5, 0.6) is 0 Å². The Hall–Kier alpha value is -2.50. The first-order valence-corrected chi connectivity index (χ1v) is 9.76. The standard InChI is InChI=1S/C21H20FNO2S/c1-15-8-6-7-11-19(15)21(17-9-4-3-5-10-17)23-26(24,25)20-13-12-18(22)14-16(20)2/h3-14,21,23H,1-2H3. The SMILES string of the molecule is Cc1ccccc1C(NS(=O)(=O)c1ccc(F)cc1C)c1ccccc1. The van der Waals surface area contributed by atoms with Gasteiger partial charge < -0.3 is 0 Å². The summed E-state index contributed by atoms with van der Waals surface area (Å²) >= 11 is 0. The first-order chi connectivity index (χ1) is 12.4. The van der Waals surface area contributed by atoms with Crippen LogP contribution in [0.15, 0.2) is 77.7 Å². The number of rotatable bonds is 5. The Morgan fingerprint density at radius 3 is 2.15 bits per heavy atom. The Morgan fingerprint density at radius 2 is 1.50 bits per heavy atom. The van der Waals surface area contributed by atoms with E-state index in [1.165, 1.54) is 12.1 Å². The lowest BCUT2D eigenvalue weighted by Crippen LogP contribution is -2.30. The molecular formula is C21H20FNO2S. The minimum atomic E-state index is -3.84. The van der Waals surface area contributed by atoms with Crippen molar-refractivity contribution in [1.82, 2.24) is 4.72 Å². The summed E-state index contributed by atoms with van der Waals surface area (Å²) in [7, 11) is -3.84. The van der Waals surface area contributed by atoms with E-state index in [0.29, 0.717) is 5.56 Å². The molecule has 0 aromatic heterocycles. The van der Waals surface area contributed by atoms with E-state index in [9.17, 15) is 12.8 Å². The van der Waals surface area contributed by atoms with E-state index in [1.807, 2.05) is 61.5 Å². The average molecular weight is 369 g/mol. The maximum Gasteiger partial charge on any atom is 0.241 e. The summed E-state index contributed by atoms with van der Waals surface area (Å²) in [5, 5.41) is 0. The highest BCUT2D eigenvalue weighted by Gasteiger charge is 2.25. The molecule has 0 fully saturated rings. The summed E-state index contributed by atoms with van der Waals surface area (Å²) in [4.78, 5) is 0.0772. The number of nitrogens with one attached hydrogen (secondary N) is 1. The van der Waals surface area contributed by atoms with Crippen LogP contribution in [0, 0.1) is 19.7 Å². The highest BCUT2D eigenvalue weighted by atomic mass is 32.2. The van der Waals surface area contributed by atoms with Crippen molar-refractivity contribution in [2.45, 2.75) is 24.8 Å². The molecule has 0 aliphatic rings. The third-order valence-electron chi connectivity index (χ3n) is 4.33. The lowest BCUT2D eigenvalue weighted by Gasteiger charge is -2.22. The fourth-order valence-corrected chi connectivity index (χ4v) is 4.43. The van der Waals surface area contributed by atoms with Crippen molar-refractivity contribution in [3.05, 3.63) is 101 Å². The molecule has 0 bridgehead atoms. The van der Waals surface area contributed by atoms with Crippen LogP contribution >= 0.6 is 0 Å². The summed E-state index contributed by atoms with van der Waals surface area (Å²) in [6.45, 7) is 3.53. The average Bonchev–Trinajstić information content (AvgIpc) is 2.61. The van der Waals surface area contributed by atoms with E-state index in [0.717, 1.165) is 22.8 Å². The lowest BCUT2D eigenvalue weighted by atomic mass is 9.96. The monoisotopic (exact) mass is 369 g/mol. The van der Waals surface area contributed by atoms with Gasteiger partial charge in [-0.15, -0.1) is 0 Å². The van der Waals surface area contributed by atoms with Crippen LogP contribution in [-0.2, 0) is 10.0 Å². The quantitative estimate of drug-likeness (QED) is 0.719. The third kappa shape index (κ3) is 3.84. The Kier molecular flexibility index (Phi) is 5.20. The summed E-state index contributed by atoms with van der Waals surface area (Å²) in [6.07, 6.45) is 0. The number of benzene rings is 3. The molecule has 1 atom stereocenters. The minimum Gasteiger partial charge on any atom is -0.207 e. The van der Waals surface area contributed by atoms with Crippen LogP contribution in [0.25, 0.3) is 0 Å². The number of hydrogen-bond acceptors (Lipinski definition) is 2. The number of hydrogen-bond donors (Lipinski definition) is 1. The van der Waals surface area contributed by atoms with E-state index in [4.69, 9.17) is 0 Å². The van der Waals surface area contributed by atoms with E-state index in [1.54, 1.807) is 6.92 Å². The van der Waals surface area contributed by atoms with Gasteiger partial charge in [-0.25, -0.2) is 12.8 Å². The van der Waals surface area contributed by atoms with Crippen molar-refractivity contribution in [2.24, 2.45) is 0 Å². The van der Waals surface area contributed by atoms with E-state index in [-0.39, 0.29) is 4.90 Å². The smallest absolute Gasteiger partial charge is 0.207 e. The predicted molar refractivity (Wildman–Crippen MR) is 101 cm³/mol. The van der Waals surface area contributed by atoms with Crippen molar-refractivity contribution < 1.29 is 12.8 Å². The summed E-state index contributed by atoms with van der Waals surface area (Å²) < 4.78 is 42.2. The van der Waals surface area contributed by atoms with Gasteiger partial charge in [-0.1, -0.05) is 54.6 Å². The fourth-order valence-electron chi connectivity index (χ4n) is 3.00. The van der Waals surface area contributed by atoms with Gasteiger partial charge in [0.05, 0.1) is 10.9 Å². The van der Waals surface area contributed by atoms with Gasteiger partial charge >= 0.3 is 0 Å². The van der Waals surface area contributed by atoms with Crippen molar-refractivity contribution >= 4 is 10.0 Å². The zero-order valence-corrected chi connectivity index (χ0v) is 15.4. The Labute approximate surface area is 153 Å². The molecule has 3 aromatic carbocycles. The van der Waals surface area contributed by atoms with Crippen LogP contribution in [0.2, 0.25) is 0 Å². The molecule has 0 aliphatic heterocycles. The number of sulfonamides is 1. The van der Waals surface area contributed by atoms with Gasteiger partial charge in [-0.05, 0) is 54.3 Å². The van der Waals surface area contributed by atoms with Crippen LogP contribution in [-0.4, -0.2) is 8.42 Å². The maximum atomic E-state index is 13.4. The van der Waals surface area contributed by atoms with Crippen molar-refractivity contribution in [2.75, 3.05) is 0 Å². The Morgan fingerprint density at radius 1 is 0.846 bits per heavy atom. The van der Waals surface area contributed by atoms with Gasteiger partial charge in [0, 0.05) is 0 Å². The summed E-state index contributed by atoms with van der Waals surface area (Å²) in [5.74, 6) is -0.458. The molecule has 0 saturated carbocycles. The molecule has 0 saturated heterocycles. The molecule has 0 radical (unpaired) electrons. The van der Waals surface area contributed by atoms with Crippen molar-refractivity contribution in [3.63, 3.8) is 0 Å². The van der Waals surface area contributed by atoms with Gasteiger partial charge in [-0.2, -0.15) is 4.72 Å². The van der Waals surface area contributed by atoms with Gasteiger partial charge in [0.1, 0.15) is 5.82 Å².